The average molecular weight is 349 g/mol. The van der Waals surface area contributed by atoms with Crippen LogP contribution in [0.5, 0.6) is 0 Å². The van der Waals surface area contributed by atoms with Crippen molar-refractivity contribution in [2.75, 3.05) is 18.0 Å². The smallest absolute Gasteiger partial charge is 0.250 e. The van der Waals surface area contributed by atoms with Gasteiger partial charge in [0, 0.05) is 25.7 Å². The van der Waals surface area contributed by atoms with Gasteiger partial charge in [0.1, 0.15) is 11.6 Å². The van der Waals surface area contributed by atoms with Gasteiger partial charge < -0.3 is 15.2 Å². The highest BCUT2D eigenvalue weighted by molar-refractivity contribution is 5.92. The number of benzene rings is 1. The summed E-state index contributed by atoms with van der Waals surface area (Å²) in [6, 6.07) is 12.3. The quantitative estimate of drug-likeness (QED) is 0.786. The molecule has 26 heavy (non-hydrogen) atoms. The fourth-order valence-electron chi connectivity index (χ4n) is 3.84. The lowest BCUT2D eigenvalue weighted by atomic mass is 10.0. The number of amides is 1. The Morgan fingerprint density at radius 1 is 1.27 bits per heavy atom. The van der Waals surface area contributed by atoms with Crippen LogP contribution in [-0.2, 0) is 6.42 Å². The number of para-hydroxylation sites is 2. The first-order chi connectivity index (χ1) is 12.7. The second kappa shape index (κ2) is 6.78. The maximum atomic E-state index is 11.2. The Hall–Kier alpha value is -2.89. The number of carbonyl (C=O) groups excluding carboxylic acids is 1. The fraction of sp³-hybridized carbons (Fsp3) is 0.350. The molecule has 134 valence electrons. The molecule has 0 saturated carbocycles. The molecule has 6 nitrogen and oxygen atoms in total. The number of fused-ring (bicyclic) bond motifs is 1. The van der Waals surface area contributed by atoms with Crippen LogP contribution >= 0.6 is 0 Å². The lowest BCUT2D eigenvalue weighted by molar-refractivity contribution is 0.1000. The van der Waals surface area contributed by atoms with E-state index in [4.69, 9.17) is 10.7 Å². The highest BCUT2D eigenvalue weighted by atomic mass is 16.1. The standard InChI is InChI=1S/C20H23N5O/c1-2-18-23-16-7-3-4-8-17(16)25(18)15-6-5-11-24(13-15)19-10-9-14(12-22-19)20(21)26/h3-4,7-10,12,15H,2,5-6,11,13H2,1H3,(H2,21,26). The largest absolute Gasteiger partial charge is 0.366 e. The predicted molar refractivity (Wildman–Crippen MR) is 102 cm³/mol. The minimum absolute atomic E-state index is 0.365. The maximum absolute atomic E-state index is 11.2. The summed E-state index contributed by atoms with van der Waals surface area (Å²) in [5.41, 5.74) is 8.01. The predicted octanol–water partition coefficient (Wildman–Crippen LogP) is 2.93. The molecule has 1 aromatic carbocycles. The van der Waals surface area contributed by atoms with Gasteiger partial charge in [0.25, 0.3) is 0 Å². The number of carbonyl (C=O) groups is 1. The van der Waals surface area contributed by atoms with Crippen LogP contribution in [0.2, 0.25) is 0 Å². The monoisotopic (exact) mass is 349 g/mol. The molecule has 4 rings (SSSR count). The Balaban J connectivity index is 1.64. The molecule has 2 aromatic heterocycles. The first kappa shape index (κ1) is 16.6. The maximum Gasteiger partial charge on any atom is 0.250 e. The van der Waals surface area contributed by atoms with E-state index in [9.17, 15) is 4.79 Å². The number of nitrogens with two attached hydrogens (primary N) is 1. The van der Waals surface area contributed by atoms with Gasteiger partial charge in [-0.2, -0.15) is 0 Å². The number of primary amides is 1. The van der Waals surface area contributed by atoms with E-state index >= 15 is 0 Å². The first-order valence-electron chi connectivity index (χ1n) is 9.14. The van der Waals surface area contributed by atoms with Crippen LogP contribution in [-0.4, -0.2) is 33.5 Å². The number of hydrogen-bond donors (Lipinski definition) is 1. The number of aromatic nitrogens is 3. The van der Waals surface area contributed by atoms with Gasteiger partial charge >= 0.3 is 0 Å². The zero-order valence-electron chi connectivity index (χ0n) is 14.9. The van der Waals surface area contributed by atoms with Crippen molar-refractivity contribution in [2.45, 2.75) is 32.2 Å². The van der Waals surface area contributed by atoms with Crippen molar-refractivity contribution in [2.24, 2.45) is 5.73 Å². The van der Waals surface area contributed by atoms with Crippen LogP contribution in [0.1, 0.15) is 42.0 Å². The molecule has 1 aliphatic heterocycles. The summed E-state index contributed by atoms with van der Waals surface area (Å²) in [6.07, 6.45) is 4.70. The third-order valence-electron chi connectivity index (χ3n) is 5.10. The van der Waals surface area contributed by atoms with E-state index in [1.165, 1.54) is 5.52 Å². The van der Waals surface area contributed by atoms with Crippen LogP contribution < -0.4 is 10.6 Å². The van der Waals surface area contributed by atoms with Crippen LogP contribution in [0.3, 0.4) is 0 Å². The van der Waals surface area contributed by atoms with Crippen LogP contribution in [0, 0.1) is 0 Å². The molecular weight excluding hydrogens is 326 g/mol. The first-order valence-corrected chi connectivity index (χ1v) is 9.14. The number of aryl methyl sites for hydroxylation is 1. The van der Waals surface area contributed by atoms with Gasteiger partial charge in [0.2, 0.25) is 5.91 Å². The van der Waals surface area contributed by atoms with Crippen LogP contribution in [0.25, 0.3) is 11.0 Å². The molecule has 1 saturated heterocycles. The molecule has 3 heterocycles. The summed E-state index contributed by atoms with van der Waals surface area (Å²) in [6.45, 7) is 4.01. The van der Waals surface area contributed by atoms with E-state index in [1.807, 2.05) is 12.1 Å². The third-order valence-corrected chi connectivity index (χ3v) is 5.10. The molecule has 0 radical (unpaired) electrons. The molecule has 0 spiro atoms. The zero-order valence-corrected chi connectivity index (χ0v) is 14.9. The molecule has 6 heteroatoms. The van der Waals surface area contributed by atoms with Gasteiger partial charge in [-0.1, -0.05) is 19.1 Å². The highest BCUT2D eigenvalue weighted by Gasteiger charge is 2.25. The molecule has 1 fully saturated rings. The molecular formula is C20H23N5O. The van der Waals surface area contributed by atoms with Crippen molar-refractivity contribution < 1.29 is 4.79 Å². The second-order valence-electron chi connectivity index (χ2n) is 6.75. The number of nitrogens with zero attached hydrogens (tertiary/aromatic N) is 4. The van der Waals surface area contributed by atoms with Gasteiger partial charge in [-0.25, -0.2) is 9.97 Å². The highest BCUT2D eigenvalue weighted by Crippen LogP contribution is 2.30. The van der Waals surface area contributed by atoms with Gasteiger partial charge in [-0.3, -0.25) is 4.79 Å². The lowest BCUT2D eigenvalue weighted by Crippen LogP contribution is -2.37. The minimum Gasteiger partial charge on any atom is -0.366 e. The third kappa shape index (κ3) is 2.92. The molecule has 1 unspecified atom stereocenters. The Morgan fingerprint density at radius 3 is 2.85 bits per heavy atom. The Labute approximate surface area is 152 Å². The van der Waals surface area contributed by atoms with E-state index < -0.39 is 5.91 Å². The Bertz CT molecular complexity index is 931. The van der Waals surface area contributed by atoms with E-state index in [-0.39, 0.29) is 0 Å². The summed E-state index contributed by atoms with van der Waals surface area (Å²) < 4.78 is 2.40. The van der Waals surface area contributed by atoms with Crippen molar-refractivity contribution >= 4 is 22.8 Å². The number of anilines is 1. The van der Waals surface area contributed by atoms with E-state index in [0.29, 0.717) is 11.6 Å². The van der Waals surface area contributed by atoms with Gasteiger partial charge in [0.15, 0.2) is 0 Å². The summed E-state index contributed by atoms with van der Waals surface area (Å²) in [5.74, 6) is 1.58. The summed E-state index contributed by atoms with van der Waals surface area (Å²) in [4.78, 5) is 22.8. The van der Waals surface area contributed by atoms with Crippen molar-refractivity contribution in [3.8, 4) is 0 Å². The Morgan fingerprint density at radius 2 is 2.12 bits per heavy atom. The summed E-state index contributed by atoms with van der Waals surface area (Å²) in [5, 5.41) is 0. The second-order valence-corrected chi connectivity index (χ2v) is 6.75. The number of hydrogen-bond acceptors (Lipinski definition) is 4. The topological polar surface area (TPSA) is 77.0 Å². The molecule has 0 bridgehead atoms. The SMILES string of the molecule is CCc1nc2ccccc2n1C1CCCN(c2ccc(C(N)=O)cn2)C1. The Kier molecular flexibility index (Phi) is 4.32. The van der Waals surface area contributed by atoms with Crippen molar-refractivity contribution in [1.29, 1.82) is 0 Å². The molecule has 0 aliphatic carbocycles. The number of rotatable bonds is 4. The van der Waals surface area contributed by atoms with Gasteiger partial charge in [-0.15, -0.1) is 0 Å². The molecule has 1 atom stereocenters. The normalized spacial score (nSPS) is 17.6. The summed E-state index contributed by atoms with van der Waals surface area (Å²) >= 11 is 0. The molecule has 3 aromatic rings. The van der Waals surface area contributed by atoms with Crippen molar-refractivity contribution in [3.63, 3.8) is 0 Å². The number of pyridine rings is 1. The number of imidazole rings is 1. The minimum atomic E-state index is -0.446. The fourth-order valence-corrected chi connectivity index (χ4v) is 3.84. The van der Waals surface area contributed by atoms with Gasteiger partial charge in [-0.05, 0) is 37.1 Å². The van der Waals surface area contributed by atoms with Crippen molar-refractivity contribution in [1.82, 2.24) is 14.5 Å². The lowest BCUT2D eigenvalue weighted by Gasteiger charge is -2.35. The van der Waals surface area contributed by atoms with Gasteiger partial charge in [0.05, 0.1) is 22.6 Å². The van der Waals surface area contributed by atoms with Crippen molar-refractivity contribution in [3.05, 3.63) is 54.0 Å². The van der Waals surface area contributed by atoms with E-state index in [2.05, 4.69) is 39.6 Å². The van der Waals surface area contributed by atoms with E-state index in [0.717, 1.165) is 49.5 Å². The molecule has 1 aliphatic rings. The van der Waals surface area contributed by atoms with E-state index in [1.54, 1.807) is 12.3 Å². The van der Waals surface area contributed by atoms with Crippen LogP contribution in [0.15, 0.2) is 42.6 Å². The zero-order chi connectivity index (χ0) is 18.1. The molecule has 1 amide bonds. The van der Waals surface area contributed by atoms with Crippen LogP contribution in [0.4, 0.5) is 5.82 Å². The number of piperidine rings is 1. The summed E-state index contributed by atoms with van der Waals surface area (Å²) in [7, 11) is 0. The molecule has 2 N–H and O–H groups in total. The average Bonchev–Trinajstić information content (AvgIpc) is 3.07.